The van der Waals surface area contributed by atoms with Crippen LogP contribution in [0.5, 0.6) is 0 Å². The molecule has 0 aliphatic carbocycles. The molecule has 1 saturated heterocycles. The highest BCUT2D eigenvalue weighted by molar-refractivity contribution is 5.98. The summed E-state index contributed by atoms with van der Waals surface area (Å²) in [5.41, 5.74) is 6.40. The molecule has 43 heavy (non-hydrogen) atoms. The molecule has 10 nitrogen and oxygen atoms in total. The molecule has 3 aliphatic heterocycles. The SMILES string of the molecule is CCC1=C(C)C(/C=c2/[nH]/c(=C\[C-]3NC(/C=C4\NC(=O)[C@H](C)[C@H]4CC)C(C)=C3CCC(=O)O)c(CCC(O)O)c2C)NC1=O. The van der Waals surface area contributed by atoms with Gasteiger partial charge in [0.25, 0.3) is 0 Å². The van der Waals surface area contributed by atoms with Gasteiger partial charge in [0.05, 0.1) is 6.04 Å². The Morgan fingerprint density at radius 1 is 1.02 bits per heavy atom. The number of nitrogens with one attached hydrogen (secondary N) is 4. The Morgan fingerprint density at radius 3 is 2.35 bits per heavy atom. The third-order valence-electron chi connectivity index (χ3n) is 9.22. The van der Waals surface area contributed by atoms with E-state index in [0.717, 1.165) is 62.3 Å². The van der Waals surface area contributed by atoms with Crippen molar-refractivity contribution in [2.24, 2.45) is 11.8 Å². The number of carbonyl (C=O) groups excluding carboxylic acids is 2. The largest absolute Gasteiger partial charge is 0.481 e. The van der Waals surface area contributed by atoms with Gasteiger partial charge < -0.3 is 36.3 Å². The fourth-order valence-electron chi connectivity index (χ4n) is 6.53. The first-order valence-electron chi connectivity index (χ1n) is 15.2. The first kappa shape index (κ1) is 32.3. The van der Waals surface area contributed by atoms with Crippen LogP contribution in [0.2, 0.25) is 0 Å². The van der Waals surface area contributed by atoms with E-state index in [4.69, 9.17) is 0 Å². The molecule has 1 aromatic rings. The molecule has 0 aromatic carbocycles. The minimum atomic E-state index is -1.46. The molecule has 4 rings (SSSR count). The van der Waals surface area contributed by atoms with Crippen LogP contribution in [-0.2, 0) is 20.8 Å². The van der Waals surface area contributed by atoms with Crippen molar-refractivity contribution in [2.45, 2.75) is 98.4 Å². The highest BCUT2D eigenvalue weighted by atomic mass is 16.5. The number of hydrogen-bond donors (Lipinski definition) is 7. The summed E-state index contributed by atoms with van der Waals surface area (Å²) in [6.07, 6.45) is 6.86. The number of carboxylic acid groups (broad SMARTS) is 1. The summed E-state index contributed by atoms with van der Waals surface area (Å²) in [4.78, 5) is 39.9. The minimum absolute atomic E-state index is 0.00976. The van der Waals surface area contributed by atoms with E-state index in [-0.39, 0.29) is 48.6 Å². The number of aliphatic carboxylic acids is 1. The van der Waals surface area contributed by atoms with Gasteiger partial charge in [0, 0.05) is 41.3 Å². The Kier molecular flexibility index (Phi) is 10.0. The van der Waals surface area contributed by atoms with Crippen LogP contribution in [0.25, 0.3) is 12.2 Å². The molecule has 2 amide bonds. The van der Waals surface area contributed by atoms with Gasteiger partial charge in [-0.15, -0.1) is 17.2 Å². The van der Waals surface area contributed by atoms with E-state index in [9.17, 15) is 29.7 Å². The molecule has 3 aliphatic rings. The number of H-pyrrole nitrogens is 1. The monoisotopic (exact) mass is 593 g/mol. The third-order valence-corrected chi connectivity index (χ3v) is 9.22. The van der Waals surface area contributed by atoms with E-state index in [1.54, 1.807) is 0 Å². The fraction of sp³-hybridized carbons (Fsp3) is 0.515. The zero-order chi connectivity index (χ0) is 31.6. The van der Waals surface area contributed by atoms with Crippen LogP contribution < -0.4 is 26.6 Å². The van der Waals surface area contributed by atoms with E-state index < -0.39 is 12.3 Å². The van der Waals surface area contributed by atoms with Crippen LogP contribution in [0.3, 0.4) is 0 Å². The normalized spacial score (nSPS) is 26.2. The summed E-state index contributed by atoms with van der Waals surface area (Å²) in [6, 6.07) is 0.313. The highest BCUT2D eigenvalue weighted by Crippen LogP contribution is 2.35. The Balaban J connectivity index is 1.78. The molecule has 0 spiro atoms. The predicted molar refractivity (Wildman–Crippen MR) is 164 cm³/mol. The maximum absolute atomic E-state index is 12.4. The van der Waals surface area contributed by atoms with E-state index in [2.05, 4.69) is 27.9 Å². The number of aromatic amines is 1. The molecule has 0 bridgehead atoms. The number of carboxylic acids is 1. The number of rotatable bonds is 11. The zero-order valence-electron chi connectivity index (χ0n) is 25.9. The molecule has 0 radical (unpaired) electrons. The van der Waals surface area contributed by atoms with Crippen molar-refractivity contribution in [1.82, 2.24) is 20.9 Å². The minimum Gasteiger partial charge on any atom is -0.481 e. The van der Waals surface area contributed by atoms with Gasteiger partial charge in [-0.1, -0.05) is 50.7 Å². The third kappa shape index (κ3) is 6.82. The highest BCUT2D eigenvalue weighted by Gasteiger charge is 2.35. The Morgan fingerprint density at radius 2 is 1.74 bits per heavy atom. The Labute approximate surface area is 252 Å². The van der Waals surface area contributed by atoms with Crippen LogP contribution in [0, 0.1) is 24.8 Å². The number of aliphatic hydroxyl groups excluding tert-OH is 1. The average molecular weight is 594 g/mol. The van der Waals surface area contributed by atoms with Crippen molar-refractivity contribution in [3.63, 3.8) is 0 Å². The standard InChI is InChI=1S/C33H45N4O6/c1-7-20-19(6)32(42)37-27(20)14-25-18(5)23(10-12-31(40)41)29(35-25)15-28-22(9-11-30(38)39)17(4)24(34-28)13-26-16(3)21(8-2)33(43)36-26/h13-15,19-20,25-26,30,34-35,38-39H,7-12H2,1-6H3,(H,36,43)(H,37,42)(H,40,41)/q-1/b24-13+,27-14-,28-15-/t19-,20-,25?,26?/m1/s1. The van der Waals surface area contributed by atoms with Crippen LogP contribution in [0.1, 0.15) is 77.8 Å². The maximum atomic E-state index is 12.4. The number of hydrogen-bond acceptors (Lipinski definition) is 6. The molecule has 1 fully saturated rings. The fourth-order valence-corrected chi connectivity index (χ4v) is 6.53. The molecule has 2 unspecified atom stereocenters. The molecule has 1 aromatic heterocycles. The quantitative estimate of drug-likeness (QED) is 0.152. The Bertz CT molecular complexity index is 1500. The van der Waals surface area contributed by atoms with Gasteiger partial charge in [-0.2, -0.15) is 0 Å². The van der Waals surface area contributed by atoms with Crippen LogP contribution in [-0.4, -0.2) is 56.5 Å². The summed E-state index contributed by atoms with van der Waals surface area (Å²) >= 11 is 0. The Hall–Kier alpha value is -3.60. The van der Waals surface area contributed by atoms with Crippen molar-refractivity contribution >= 4 is 29.9 Å². The summed E-state index contributed by atoms with van der Waals surface area (Å²) in [5, 5.41) is 40.0. The second-order valence-electron chi connectivity index (χ2n) is 11.9. The lowest BCUT2D eigenvalue weighted by Crippen LogP contribution is -2.29. The molecule has 0 saturated carbocycles. The van der Waals surface area contributed by atoms with Crippen molar-refractivity contribution in [3.8, 4) is 0 Å². The number of aliphatic hydroxyl groups is 2. The van der Waals surface area contributed by atoms with E-state index in [1.165, 1.54) is 0 Å². The van der Waals surface area contributed by atoms with E-state index in [1.807, 2.05) is 52.8 Å². The molecule has 10 heteroatoms. The smallest absolute Gasteiger partial charge is 0.303 e. The van der Waals surface area contributed by atoms with Crippen molar-refractivity contribution in [1.29, 1.82) is 0 Å². The molecule has 234 valence electrons. The van der Waals surface area contributed by atoms with Gasteiger partial charge in [0.2, 0.25) is 11.8 Å². The number of amides is 2. The topological polar surface area (TPSA) is 164 Å². The lowest BCUT2D eigenvalue weighted by atomic mass is 9.91. The van der Waals surface area contributed by atoms with Crippen molar-refractivity contribution in [2.75, 3.05) is 0 Å². The molecule has 4 atom stereocenters. The second-order valence-corrected chi connectivity index (χ2v) is 11.9. The average Bonchev–Trinajstić information content (AvgIpc) is 3.59. The molecular formula is C33H45N4O6-. The van der Waals surface area contributed by atoms with Gasteiger partial charge in [-0.05, 0) is 62.8 Å². The van der Waals surface area contributed by atoms with Gasteiger partial charge in [-0.3, -0.25) is 14.4 Å². The second kappa shape index (κ2) is 13.4. The van der Waals surface area contributed by atoms with E-state index >= 15 is 0 Å². The van der Waals surface area contributed by atoms with Gasteiger partial charge in [0.15, 0.2) is 6.29 Å². The summed E-state index contributed by atoms with van der Waals surface area (Å²) in [5.74, 6) is -0.951. The summed E-state index contributed by atoms with van der Waals surface area (Å²) in [7, 11) is 0. The molecule has 4 heterocycles. The van der Waals surface area contributed by atoms with Gasteiger partial charge in [0.1, 0.15) is 0 Å². The van der Waals surface area contributed by atoms with Gasteiger partial charge in [-0.25, -0.2) is 0 Å². The number of allylic oxidation sites excluding steroid dienone is 1. The number of aromatic nitrogens is 1. The van der Waals surface area contributed by atoms with Crippen LogP contribution >= 0.6 is 0 Å². The van der Waals surface area contributed by atoms with Gasteiger partial charge >= 0.3 is 5.97 Å². The van der Waals surface area contributed by atoms with Crippen LogP contribution in [0.4, 0.5) is 0 Å². The van der Waals surface area contributed by atoms with Crippen molar-refractivity contribution < 1.29 is 29.7 Å². The summed E-state index contributed by atoms with van der Waals surface area (Å²) < 4.78 is 0. The van der Waals surface area contributed by atoms with Crippen molar-refractivity contribution in [3.05, 3.63) is 61.9 Å². The number of carbonyl (C=O) groups is 3. The zero-order valence-corrected chi connectivity index (χ0v) is 25.9. The lowest BCUT2D eigenvalue weighted by Gasteiger charge is -2.21. The predicted octanol–water partition coefficient (Wildman–Crippen LogP) is 1.71. The van der Waals surface area contributed by atoms with Crippen LogP contribution in [0.15, 0.2) is 34.1 Å². The molecular weight excluding hydrogens is 548 g/mol. The first-order valence-corrected chi connectivity index (χ1v) is 15.2. The summed E-state index contributed by atoms with van der Waals surface area (Å²) in [6.45, 7) is 11.9. The molecule has 7 N–H and O–H groups in total. The lowest BCUT2D eigenvalue weighted by molar-refractivity contribution is -0.137. The maximum Gasteiger partial charge on any atom is 0.303 e. The van der Waals surface area contributed by atoms with E-state index in [0.29, 0.717) is 19.3 Å². The first-order chi connectivity index (χ1) is 20.4.